The zero-order valence-electron chi connectivity index (χ0n) is 6.90. The molecule has 0 aromatic carbocycles. The van der Waals surface area contributed by atoms with Crippen LogP contribution in [-0.4, -0.2) is 4.40 Å². The molecule has 62 valence electrons. The van der Waals surface area contributed by atoms with Crippen LogP contribution in [0.4, 0.5) is 0 Å². The molecule has 0 fully saturated rings. The molecule has 0 N–H and O–H groups in total. The van der Waals surface area contributed by atoms with Crippen LogP contribution in [0, 0.1) is 0 Å². The van der Waals surface area contributed by atoms with Crippen molar-refractivity contribution in [2.24, 2.45) is 0 Å². The quantitative estimate of drug-likeness (QED) is 0.503. The average Bonchev–Trinajstić information content (AvgIpc) is 2.57. The van der Waals surface area contributed by atoms with Crippen molar-refractivity contribution >= 4 is 16.6 Å². The van der Waals surface area contributed by atoms with Crippen molar-refractivity contribution < 1.29 is 0 Å². The van der Waals surface area contributed by atoms with Crippen LogP contribution in [0.25, 0.3) is 16.6 Å². The molecule has 2 heteroatoms. The molecule has 3 aromatic rings. The first-order chi connectivity index (χ1) is 6.36. The summed E-state index contributed by atoms with van der Waals surface area (Å²) in [5.41, 5.74) is 2.98. The van der Waals surface area contributed by atoms with E-state index in [9.17, 15) is 4.79 Å². The number of hydrogen-bond donors (Lipinski definition) is 0. The molecule has 0 bridgehead atoms. The summed E-state index contributed by atoms with van der Waals surface area (Å²) in [6, 6.07) is 13.3. The van der Waals surface area contributed by atoms with Gasteiger partial charge in [-0.3, -0.25) is 4.79 Å². The largest absolute Gasteiger partial charge is 0.307 e. The van der Waals surface area contributed by atoms with Crippen LogP contribution in [0.5, 0.6) is 0 Å². The molecule has 13 heavy (non-hydrogen) atoms. The van der Waals surface area contributed by atoms with Gasteiger partial charge < -0.3 is 4.40 Å². The predicted octanol–water partition coefficient (Wildman–Crippen LogP) is 1.89. The third-order valence-electron chi connectivity index (χ3n) is 2.36. The summed E-state index contributed by atoms with van der Waals surface area (Å²) in [4.78, 5) is 11.5. The van der Waals surface area contributed by atoms with Crippen molar-refractivity contribution in [2.45, 2.75) is 0 Å². The summed E-state index contributed by atoms with van der Waals surface area (Å²) in [6.07, 6.45) is 0. The lowest BCUT2D eigenvalue weighted by Gasteiger charge is -1.99. The van der Waals surface area contributed by atoms with Gasteiger partial charge in [0.1, 0.15) is 0 Å². The van der Waals surface area contributed by atoms with E-state index in [1.165, 1.54) is 0 Å². The SMILES string of the molecule is O=c1ccc2ccc3cccc1n32. The van der Waals surface area contributed by atoms with Gasteiger partial charge in [0.2, 0.25) is 5.43 Å². The Balaban J connectivity index is 2.82. The van der Waals surface area contributed by atoms with Crippen LogP contribution in [0.15, 0.2) is 47.3 Å². The highest BCUT2D eigenvalue weighted by atomic mass is 16.1. The van der Waals surface area contributed by atoms with E-state index < -0.39 is 0 Å². The second-order valence-electron chi connectivity index (χ2n) is 3.13. The molecule has 3 heterocycles. The number of aromatic nitrogens is 1. The number of rotatable bonds is 0. The maximum atomic E-state index is 11.5. The van der Waals surface area contributed by atoms with Gasteiger partial charge in [0.05, 0.1) is 5.52 Å². The van der Waals surface area contributed by atoms with Gasteiger partial charge in [-0.2, -0.15) is 0 Å². The minimum absolute atomic E-state index is 0.0781. The summed E-state index contributed by atoms with van der Waals surface area (Å²) in [7, 11) is 0. The van der Waals surface area contributed by atoms with Crippen LogP contribution in [0.1, 0.15) is 0 Å². The molecule has 0 aliphatic carbocycles. The molecule has 0 saturated heterocycles. The Morgan fingerprint density at radius 3 is 2.38 bits per heavy atom. The van der Waals surface area contributed by atoms with Gasteiger partial charge in [-0.1, -0.05) is 6.07 Å². The second-order valence-corrected chi connectivity index (χ2v) is 3.13. The molecule has 2 nitrogen and oxygen atoms in total. The lowest BCUT2D eigenvalue weighted by molar-refractivity contribution is 1.29. The smallest absolute Gasteiger partial charge is 0.202 e. The van der Waals surface area contributed by atoms with Crippen molar-refractivity contribution in [3.05, 3.63) is 52.7 Å². The second kappa shape index (κ2) is 2.10. The van der Waals surface area contributed by atoms with Gasteiger partial charge in [0, 0.05) is 11.0 Å². The fraction of sp³-hybridized carbons (Fsp3) is 0. The number of hydrogen-bond acceptors (Lipinski definition) is 1. The van der Waals surface area contributed by atoms with E-state index in [1.54, 1.807) is 6.07 Å². The molecule has 0 saturated carbocycles. The molecular formula is C11H7NO. The standard InChI is InChI=1S/C11H7NO/c13-11-7-6-9-5-4-8-2-1-3-10(11)12(8)9/h1-7H. The zero-order valence-corrected chi connectivity index (χ0v) is 6.90. The van der Waals surface area contributed by atoms with Crippen LogP contribution in [0.3, 0.4) is 0 Å². The lowest BCUT2D eigenvalue weighted by Crippen LogP contribution is -2.03. The number of nitrogens with zero attached hydrogens (tertiary/aromatic N) is 1. The Kier molecular flexibility index (Phi) is 1.08. The van der Waals surface area contributed by atoms with Crippen LogP contribution >= 0.6 is 0 Å². The summed E-state index contributed by atoms with van der Waals surface area (Å²) < 4.78 is 1.97. The molecule has 3 aromatic heterocycles. The normalized spacial score (nSPS) is 11.4. The minimum atomic E-state index is 0.0781. The highest BCUT2D eigenvalue weighted by molar-refractivity contribution is 5.71. The first-order valence-corrected chi connectivity index (χ1v) is 4.19. The molecule has 0 atom stereocenters. The third kappa shape index (κ3) is 0.746. The molecule has 0 spiro atoms. The Bertz CT molecular complexity index is 609. The fourth-order valence-corrected chi connectivity index (χ4v) is 1.76. The van der Waals surface area contributed by atoms with E-state index in [1.807, 2.05) is 40.8 Å². The van der Waals surface area contributed by atoms with E-state index >= 15 is 0 Å². The van der Waals surface area contributed by atoms with Crippen molar-refractivity contribution in [1.82, 2.24) is 4.40 Å². The minimum Gasteiger partial charge on any atom is -0.307 e. The molecule has 0 radical (unpaired) electrons. The Hall–Kier alpha value is -1.83. The third-order valence-corrected chi connectivity index (χ3v) is 2.36. The van der Waals surface area contributed by atoms with Crippen molar-refractivity contribution in [1.29, 1.82) is 0 Å². The summed E-state index contributed by atoms with van der Waals surface area (Å²) in [6.45, 7) is 0. The van der Waals surface area contributed by atoms with Crippen molar-refractivity contribution in [3.63, 3.8) is 0 Å². The van der Waals surface area contributed by atoms with Gasteiger partial charge in [-0.15, -0.1) is 0 Å². The fourth-order valence-electron chi connectivity index (χ4n) is 1.76. The highest BCUT2D eigenvalue weighted by Crippen LogP contribution is 2.14. The molecule has 0 amide bonds. The van der Waals surface area contributed by atoms with Crippen LogP contribution < -0.4 is 5.43 Å². The van der Waals surface area contributed by atoms with E-state index in [4.69, 9.17) is 0 Å². The maximum Gasteiger partial charge on any atom is 0.202 e. The summed E-state index contributed by atoms with van der Waals surface area (Å²) >= 11 is 0. The first-order valence-electron chi connectivity index (χ1n) is 4.19. The Morgan fingerprint density at radius 2 is 1.54 bits per heavy atom. The zero-order chi connectivity index (χ0) is 8.84. The highest BCUT2D eigenvalue weighted by Gasteiger charge is 2.02. The topological polar surface area (TPSA) is 21.5 Å². The van der Waals surface area contributed by atoms with Crippen LogP contribution in [-0.2, 0) is 0 Å². The van der Waals surface area contributed by atoms with Gasteiger partial charge in [0.15, 0.2) is 0 Å². The maximum absolute atomic E-state index is 11.5. The van der Waals surface area contributed by atoms with Gasteiger partial charge in [0.25, 0.3) is 0 Å². The van der Waals surface area contributed by atoms with E-state index in [0.717, 1.165) is 16.6 Å². The van der Waals surface area contributed by atoms with E-state index in [2.05, 4.69) is 0 Å². The monoisotopic (exact) mass is 169 g/mol. The average molecular weight is 169 g/mol. The summed E-state index contributed by atoms with van der Waals surface area (Å²) in [5, 5.41) is 0. The molecule has 0 unspecified atom stereocenters. The van der Waals surface area contributed by atoms with Crippen molar-refractivity contribution in [2.75, 3.05) is 0 Å². The molecular weight excluding hydrogens is 162 g/mol. The molecule has 3 rings (SSSR count). The molecule has 0 aliphatic rings. The molecule has 0 aliphatic heterocycles. The van der Waals surface area contributed by atoms with Crippen molar-refractivity contribution in [3.8, 4) is 0 Å². The summed E-state index contributed by atoms with van der Waals surface area (Å²) in [5.74, 6) is 0. The van der Waals surface area contributed by atoms with Gasteiger partial charge >= 0.3 is 0 Å². The Labute approximate surface area is 74.4 Å². The van der Waals surface area contributed by atoms with Gasteiger partial charge in [-0.05, 0) is 36.4 Å². The number of pyridine rings is 2. The lowest BCUT2D eigenvalue weighted by atomic mass is 10.3. The first kappa shape index (κ1) is 6.66. The van der Waals surface area contributed by atoms with E-state index in [0.29, 0.717) is 0 Å². The Morgan fingerprint density at radius 1 is 0.846 bits per heavy atom. The van der Waals surface area contributed by atoms with Gasteiger partial charge in [-0.25, -0.2) is 0 Å². The predicted molar refractivity (Wildman–Crippen MR) is 52.4 cm³/mol. The van der Waals surface area contributed by atoms with Crippen LogP contribution in [0.2, 0.25) is 0 Å². The van der Waals surface area contributed by atoms with E-state index in [-0.39, 0.29) is 5.43 Å².